The monoisotopic (exact) mass is 546 g/mol. The molecule has 214 valence electrons. The smallest absolute Gasteiger partial charge is 0.169 e. The van der Waals surface area contributed by atoms with Crippen LogP contribution in [0.25, 0.3) is 11.3 Å². The average molecular weight is 547 g/mol. The van der Waals surface area contributed by atoms with Crippen LogP contribution in [0.5, 0.6) is 5.75 Å². The first-order chi connectivity index (χ1) is 19.5. The highest BCUT2D eigenvalue weighted by Gasteiger charge is 2.41. The van der Waals surface area contributed by atoms with Crippen molar-refractivity contribution in [3.63, 3.8) is 0 Å². The highest BCUT2D eigenvalue weighted by Crippen LogP contribution is 2.37. The number of benzene rings is 1. The fraction of sp³-hybridized carbons (Fsp3) is 0.613. The zero-order chi connectivity index (χ0) is 27.5. The maximum Gasteiger partial charge on any atom is 0.169 e. The number of phenols is 1. The topological polar surface area (TPSA) is 109 Å². The molecule has 1 aliphatic carbocycles. The first kappa shape index (κ1) is 27.3. The Balaban J connectivity index is 1.02. The molecule has 1 atom stereocenters. The molecule has 40 heavy (non-hydrogen) atoms. The summed E-state index contributed by atoms with van der Waals surface area (Å²) in [6.45, 7) is 8.58. The summed E-state index contributed by atoms with van der Waals surface area (Å²) in [5.41, 5.74) is 8.22. The number of ether oxygens (including phenoxy) is 2. The number of morpholine rings is 1. The second kappa shape index (κ2) is 11.9. The van der Waals surface area contributed by atoms with E-state index in [0.29, 0.717) is 35.2 Å². The third-order valence-electron chi connectivity index (χ3n) is 9.08. The van der Waals surface area contributed by atoms with E-state index in [4.69, 9.17) is 15.2 Å². The van der Waals surface area contributed by atoms with E-state index in [1.807, 2.05) is 18.2 Å². The number of anilines is 2. The maximum absolute atomic E-state index is 10.3. The predicted octanol–water partition coefficient (Wildman–Crippen LogP) is 3.04. The van der Waals surface area contributed by atoms with Gasteiger partial charge in [0.15, 0.2) is 5.82 Å². The van der Waals surface area contributed by atoms with E-state index < -0.39 is 0 Å². The summed E-state index contributed by atoms with van der Waals surface area (Å²) in [6.07, 6.45) is 7.06. The van der Waals surface area contributed by atoms with E-state index in [-0.39, 0.29) is 17.4 Å². The van der Waals surface area contributed by atoms with E-state index in [0.717, 1.165) is 90.1 Å². The normalized spacial score (nSPS) is 26.1. The summed E-state index contributed by atoms with van der Waals surface area (Å²) in [4.78, 5) is 4.76. The van der Waals surface area contributed by atoms with Gasteiger partial charge in [0.05, 0.1) is 41.8 Å². The summed E-state index contributed by atoms with van der Waals surface area (Å²) >= 11 is 0. The van der Waals surface area contributed by atoms with Crippen LogP contribution in [0.3, 0.4) is 0 Å². The molecule has 0 amide bonds. The largest absolute Gasteiger partial charge is 0.507 e. The van der Waals surface area contributed by atoms with E-state index >= 15 is 0 Å². The maximum atomic E-state index is 10.3. The number of hydrogen-bond acceptors (Lipinski definition) is 9. The van der Waals surface area contributed by atoms with Gasteiger partial charge in [-0.25, -0.2) is 0 Å². The molecule has 1 spiro atoms. The van der Waals surface area contributed by atoms with Gasteiger partial charge >= 0.3 is 0 Å². The molecule has 1 aromatic carbocycles. The van der Waals surface area contributed by atoms with E-state index in [9.17, 15) is 5.11 Å². The molecule has 3 saturated heterocycles. The lowest BCUT2D eigenvalue weighted by Gasteiger charge is -2.48. The van der Waals surface area contributed by atoms with Crippen LogP contribution in [0.1, 0.15) is 45.4 Å². The molecule has 1 unspecified atom stereocenters. The van der Waals surface area contributed by atoms with Crippen LogP contribution in [0.4, 0.5) is 11.5 Å². The Kier molecular flexibility index (Phi) is 8.12. The Morgan fingerprint density at radius 1 is 1.12 bits per heavy atom. The van der Waals surface area contributed by atoms with E-state index in [1.165, 1.54) is 0 Å². The number of rotatable bonds is 5. The molecule has 6 rings (SSSR count). The number of nitrogens with two attached hydrogens (primary N) is 1. The SMILES string of the molecule is CC(C#C[C@H]1C[C@H](OC2CCNCC2)C1)N1CCOC2(CCN(c3cc(-c4ccccc4O)nnc3N)CC2)C1. The first-order valence-electron chi connectivity index (χ1n) is 14.9. The molecule has 2 aromatic rings. The number of aromatic hydroxyl groups is 1. The molecule has 4 N–H and O–H groups in total. The summed E-state index contributed by atoms with van der Waals surface area (Å²) in [5.74, 6) is 8.17. The first-order valence-corrected chi connectivity index (χ1v) is 14.9. The van der Waals surface area contributed by atoms with Crippen LogP contribution in [0.2, 0.25) is 0 Å². The minimum absolute atomic E-state index is 0.162. The number of para-hydroxylation sites is 1. The van der Waals surface area contributed by atoms with Crippen molar-refractivity contribution in [3.05, 3.63) is 30.3 Å². The van der Waals surface area contributed by atoms with Gasteiger partial charge in [-0.15, -0.1) is 10.2 Å². The van der Waals surface area contributed by atoms with Gasteiger partial charge in [-0.2, -0.15) is 0 Å². The number of phenolic OH excluding ortho intramolecular Hbond substituents is 1. The van der Waals surface area contributed by atoms with E-state index in [1.54, 1.807) is 12.1 Å². The Labute approximate surface area is 237 Å². The predicted molar refractivity (Wildman–Crippen MR) is 156 cm³/mol. The lowest BCUT2D eigenvalue weighted by molar-refractivity contribution is -0.124. The number of nitrogen functional groups attached to an aromatic ring is 1. The van der Waals surface area contributed by atoms with Gasteiger partial charge in [0.2, 0.25) is 0 Å². The molecular formula is C31H42N6O3. The van der Waals surface area contributed by atoms with Crippen molar-refractivity contribution in [3.8, 4) is 28.8 Å². The fourth-order valence-corrected chi connectivity index (χ4v) is 6.46. The lowest BCUT2D eigenvalue weighted by atomic mass is 9.82. The van der Waals surface area contributed by atoms with Crippen LogP contribution in [-0.2, 0) is 9.47 Å². The molecule has 1 saturated carbocycles. The Morgan fingerprint density at radius 3 is 2.67 bits per heavy atom. The van der Waals surface area contributed by atoms with Gasteiger partial charge in [-0.1, -0.05) is 24.0 Å². The highest BCUT2D eigenvalue weighted by molar-refractivity contribution is 5.74. The van der Waals surface area contributed by atoms with Gasteiger partial charge in [-0.3, -0.25) is 4.90 Å². The van der Waals surface area contributed by atoms with Crippen LogP contribution < -0.4 is 16.0 Å². The minimum atomic E-state index is -0.162. The number of aromatic nitrogens is 2. The second-order valence-electron chi connectivity index (χ2n) is 11.8. The van der Waals surface area contributed by atoms with Crippen molar-refractivity contribution in [2.45, 2.75) is 69.3 Å². The average Bonchev–Trinajstić information content (AvgIpc) is 2.96. The summed E-state index contributed by atoms with van der Waals surface area (Å²) in [6, 6.07) is 9.31. The van der Waals surface area contributed by atoms with Gasteiger partial charge in [0, 0.05) is 37.7 Å². The molecule has 0 bridgehead atoms. The van der Waals surface area contributed by atoms with Gasteiger partial charge in [0.25, 0.3) is 0 Å². The second-order valence-corrected chi connectivity index (χ2v) is 11.8. The van der Waals surface area contributed by atoms with Gasteiger partial charge in [0.1, 0.15) is 5.75 Å². The summed E-state index contributed by atoms with van der Waals surface area (Å²) in [7, 11) is 0. The van der Waals surface area contributed by atoms with Crippen molar-refractivity contribution in [2.24, 2.45) is 5.92 Å². The van der Waals surface area contributed by atoms with Crippen LogP contribution in [0, 0.1) is 17.8 Å². The molecule has 0 radical (unpaired) electrons. The van der Waals surface area contributed by atoms with Crippen LogP contribution >= 0.6 is 0 Å². The van der Waals surface area contributed by atoms with Gasteiger partial charge in [-0.05, 0) is 76.7 Å². The molecule has 9 heteroatoms. The van der Waals surface area contributed by atoms with Crippen LogP contribution in [0.15, 0.2) is 30.3 Å². The van der Waals surface area contributed by atoms with Crippen molar-refractivity contribution >= 4 is 11.5 Å². The Bertz CT molecular complexity index is 1230. The van der Waals surface area contributed by atoms with Crippen molar-refractivity contribution in [1.29, 1.82) is 0 Å². The van der Waals surface area contributed by atoms with E-state index in [2.05, 4.69) is 44.1 Å². The lowest BCUT2D eigenvalue weighted by Crippen LogP contribution is -2.58. The molecule has 1 aromatic heterocycles. The van der Waals surface area contributed by atoms with Crippen molar-refractivity contribution in [2.75, 3.05) is 56.5 Å². The van der Waals surface area contributed by atoms with Crippen molar-refractivity contribution in [1.82, 2.24) is 20.4 Å². The molecule has 4 aliphatic rings. The fourth-order valence-electron chi connectivity index (χ4n) is 6.46. The van der Waals surface area contributed by atoms with Crippen LogP contribution in [-0.4, -0.2) is 89.9 Å². The molecule has 4 heterocycles. The highest BCUT2D eigenvalue weighted by atomic mass is 16.5. The molecule has 3 aliphatic heterocycles. The third kappa shape index (κ3) is 6.06. The number of nitrogens with zero attached hydrogens (tertiary/aromatic N) is 4. The number of piperidine rings is 2. The Morgan fingerprint density at radius 2 is 1.90 bits per heavy atom. The zero-order valence-corrected chi connectivity index (χ0v) is 23.5. The van der Waals surface area contributed by atoms with Crippen molar-refractivity contribution < 1.29 is 14.6 Å². The number of hydrogen-bond donors (Lipinski definition) is 3. The zero-order valence-electron chi connectivity index (χ0n) is 23.5. The quantitative estimate of drug-likeness (QED) is 0.488. The third-order valence-corrected chi connectivity index (χ3v) is 9.08. The minimum Gasteiger partial charge on any atom is -0.507 e. The number of nitrogens with one attached hydrogen (secondary N) is 1. The molecule has 4 fully saturated rings. The molecule has 9 nitrogen and oxygen atoms in total. The standard InChI is InChI=1S/C31H42N6O3/c1-22(6-7-23-18-25(19-23)40-24-8-12-33-13-9-24)37-16-17-39-31(21-37)10-14-36(15-11-31)28-20-27(34-35-30(28)32)26-4-2-3-5-29(26)38/h2-5,20,22-25,33,38H,8-19,21H2,1H3,(H2,32,35)/t22?,23-,25-. The molecular weight excluding hydrogens is 504 g/mol. The summed E-state index contributed by atoms with van der Waals surface area (Å²) in [5, 5.41) is 22.1. The Hall–Kier alpha value is -2.90. The summed E-state index contributed by atoms with van der Waals surface area (Å²) < 4.78 is 12.7. The van der Waals surface area contributed by atoms with Gasteiger partial charge < -0.3 is 30.5 Å².